The summed E-state index contributed by atoms with van der Waals surface area (Å²) in [4.78, 5) is 12.2. The molecule has 0 aromatic heterocycles. The van der Waals surface area contributed by atoms with E-state index in [1.165, 1.54) is 17.7 Å². The van der Waals surface area contributed by atoms with Gasteiger partial charge in [0.2, 0.25) is 0 Å². The SMILES string of the molecule is CCCCc1ccc2c(c1)[C@H]1O[C@@H](CCc3ccc(F)cc3)[C@H](C(=O)O)C[C@@H]1C(C)(C)O2. The van der Waals surface area contributed by atoms with E-state index in [0.717, 1.165) is 36.1 Å². The van der Waals surface area contributed by atoms with Crippen LogP contribution in [0.1, 0.15) is 69.2 Å². The van der Waals surface area contributed by atoms with Gasteiger partial charge in [-0.25, -0.2) is 4.39 Å². The molecule has 0 amide bonds. The standard InChI is InChI=1S/C27H33FO4/c1-4-5-6-18-10-14-24-20(15-18)25-22(27(2,3)32-24)16-21(26(29)30)23(31-25)13-9-17-7-11-19(28)12-8-17/h7-8,10-12,14-15,21-23,25H,4-6,9,13,16H2,1-3H3,(H,29,30)/t21-,22+,23+,25-/m1/s1. The van der Waals surface area contributed by atoms with Gasteiger partial charge in [-0.05, 0) is 81.3 Å². The average Bonchev–Trinajstić information content (AvgIpc) is 2.76. The van der Waals surface area contributed by atoms with E-state index in [4.69, 9.17) is 9.47 Å². The fraction of sp³-hybridized carbons (Fsp3) is 0.519. The Balaban J connectivity index is 1.61. The lowest BCUT2D eigenvalue weighted by Gasteiger charge is -2.50. The van der Waals surface area contributed by atoms with E-state index in [-0.39, 0.29) is 17.8 Å². The Bertz CT molecular complexity index is 953. The van der Waals surface area contributed by atoms with Gasteiger partial charge in [0.1, 0.15) is 17.2 Å². The molecule has 1 saturated heterocycles. The maximum atomic E-state index is 13.2. The van der Waals surface area contributed by atoms with Gasteiger partial charge >= 0.3 is 5.97 Å². The van der Waals surface area contributed by atoms with Crippen LogP contribution in [0.3, 0.4) is 0 Å². The molecule has 0 unspecified atom stereocenters. The van der Waals surface area contributed by atoms with Crippen LogP contribution in [-0.4, -0.2) is 22.8 Å². The van der Waals surface area contributed by atoms with Crippen molar-refractivity contribution in [3.63, 3.8) is 0 Å². The lowest BCUT2D eigenvalue weighted by molar-refractivity contribution is -0.188. The second-order valence-electron chi connectivity index (χ2n) is 9.73. The molecule has 1 fully saturated rings. The summed E-state index contributed by atoms with van der Waals surface area (Å²) in [6.07, 6.45) is 4.42. The number of ether oxygens (including phenoxy) is 2. The Labute approximate surface area is 189 Å². The van der Waals surface area contributed by atoms with Crippen molar-refractivity contribution in [2.45, 2.75) is 77.1 Å². The Morgan fingerprint density at radius 2 is 1.84 bits per heavy atom. The number of hydrogen-bond acceptors (Lipinski definition) is 3. The molecule has 0 radical (unpaired) electrons. The summed E-state index contributed by atoms with van der Waals surface area (Å²) in [5.41, 5.74) is 2.77. The largest absolute Gasteiger partial charge is 0.487 e. The summed E-state index contributed by atoms with van der Waals surface area (Å²) in [5.74, 6) is -0.897. The van der Waals surface area contributed by atoms with E-state index >= 15 is 0 Å². The minimum atomic E-state index is -0.828. The molecule has 32 heavy (non-hydrogen) atoms. The zero-order chi connectivity index (χ0) is 22.9. The van der Waals surface area contributed by atoms with Gasteiger partial charge in [-0.1, -0.05) is 31.5 Å². The molecular formula is C27H33FO4. The highest BCUT2D eigenvalue weighted by atomic mass is 19.1. The fourth-order valence-electron chi connectivity index (χ4n) is 5.16. The van der Waals surface area contributed by atoms with E-state index in [2.05, 4.69) is 19.1 Å². The molecule has 5 heteroatoms. The van der Waals surface area contributed by atoms with Gasteiger partial charge in [-0.3, -0.25) is 4.79 Å². The lowest BCUT2D eigenvalue weighted by atomic mass is 9.71. The number of carbonyl (C=O) groups is 1. The first-order chi connectivity index (χ1) is 15.3. The van der Waals surface area contributed by atoms with Crippen molar-refractivity contribution < 1.29 is 23.8 Å². The number of hydrogen-bond donors (Lipinski definition) is 1. The molecule has 0 bridgehead atoms. The molecule has 4 atom stereocenters. The predicted octanol–water partition coefficient (Wildman–Crippen LogP) is 6.12. The second kappa shape index (κ2) is 9.22. The smallest absolute Gasteiger partial charge is 0.309 e. The van der Waals surface area contributed by atoms with E-state index in [9.17, 15) is 14.3 Å². The van der Waals surface area contributed by atoms with Crippen LogP contribution in [-0.2, 0) is 22.4 Å². The molecule has 0 saturated carbocycles. The molecule has 2 heterocycles. The third-order valence-corrected chi connectivity index (χ3v) is 7.06. The summed E-state index contributed by atoms with van der Waals surface area (Å²) in [6.45, 7) is 6.24. The van der Waals surface area contributed by atoms with E-state index < -0.39 is 23.6 Å². The molecule has 2 aromatic carbocycles. The molecule has 2 aliphatic rings. The van der Waals surface area contributed by atoms with Gasteiger partial charge in [0.25, 0.3) is 0 Å². The van der Waals surface area contributed by atoms with Crippen molar-refractivity contribution >= 4 is 5.97 Å². The quantitative estimate of drug-likeness (QED) is 0.564. The number of halogens is 1. The molecular weight excluding hydrogens is 407 g/mol. The normalized spacial score (nSPS) is 26.0. The van der Waals surface area contributed by atoms with Gasteiger partial charge < -0.3 is 14.6 Å². The number of unbranched alkanes of at least 4 members (excludes halogenated alkanes) is 1. The highest BCUT2D eigenvalue weighted by Crippen LogP contribution is 2.52. The Hall–Kier alpha value is -2.40. The highest BCUT2D eigenvalue weighted by molar-refractivity contribution is 5.71. The summed E-state index contributed by atoms with van der Waals surface area (Å²) in [5, 5.41) is 9.97. The average molecular weight is 441 g/mol. The monoisotopic (exact) mass is 440 g/mol. The summed E-state index contributed by atoms with van der Waals surface area (Å²) in [6, 6.07) is 12.7. The van der Waals surface area contributed by atoms with Crippen molar-refractivity contribution in [3.8, 4) is 5.75 Å². The first-order valence-electron chi connectivity index (χ1n) is 11.7. The summed E-state index contributed by atoms with van der Waals surface area (Å²) in [7, 11) is 0. The van der Waals surface area contributed by atoms with Crippen LogP contribution >= 0.6 is 0 Å². The van der Waals surface area contributed by atoms with Gasteiger partial charge in [0, 0.05) is 11.5 Å². The van der Waals surface area contributed by atoms with Crippen LogP contribution < -0.4 is 4.74 Å². The van der Waals surface area contributed by atoms with Gasteiger partial charge in [0.05, 0.1) is 18.1 Å². The lowest BCUT2D eigenvalue weighted by Crippen LogP contribution is -2.52. The first kappa shape index (κ1) is 22.8. The van der Waals surface area contributed by atoms with Crippen molar-refractivity contribution in [1.82, 2.24) is 0 Å². The molecule has 2 aromatic rings. The van der Waals surface area contributed by atoms with Crippen LogP contribution in [0.4, 0.5) is 4.39 Å². The van der Waals surface area contributed by atoms with Gasteiger partial charge in [-0.2, -0.15) is 0 Å². The molecule has 172 valence electrons. The number of benzene rings is 2. The number of rotatable bonds is 7. The Morgan fingerprint density at radius 3 is 2.53 bits per heavy atom. The van der Waals surface area contributed by atoms with Crippen LogP contribution in [0.2, 0.25) is 0 Å². The van der Waals surface area contributed by atoms with Crippen LogP contribution in [0.15, 0.2) is 42.5 Å². The topological polar surface area (TPSA) is 55.8 Å². The number of carboxylic acid groups (broad SMARTS) is 1. The van der Waals surface area contributed by atoms with E-state index in [0.29, 0.717) is 19.3 Å². The third-order valence-electron chi connectivity index (χ3n) is 7.06. The van der Waals surface area contributed by atoms with Crippen LogP contribution in [0.25, 0.3) is 0 Å². The fourth-order valence-corrected chi connectivity index (χ4v) is 5.16. The molecule has 0 aliphatic carbocycles. The molecule has 2 aliphatic heterocycles. The van der Waals surface area contributed by atoms with Crippen molar-refractivity contribution in [2.24, 2.45) is 11.8 Å². The maximum Gasteiger partial charge on any atom is 0.309 e. The minimum Gasteiger partial charge on any atom is -0.487 e. The van der Waals surface area contributed by atoms with Crippen LogP contribution in [0, 0.1) is 17.7 Å². The number of aliphatic carboxylic acids is 1. The molecule has 4 rings (SSSR count). The van der Waals surface area contributed by atoms with Crippen molar-refractivity contribution in [3.05, 3.63) is 65.0 Å². The van der Waals surface area contributed by atoms with E-state index in [1.54, 1.807) is 12.1 Å². The number of fused-ring (bicyclic) bond motifs is 3. The van der Waals surface area contributed by atoms with Gasteiger partial charge in [-0.15, -0.1) is 0 Å². The van der Waals surface area contributed by atoms with Crippen molar-refractivity contribution in [2.75, 3.05) is 0 Å². The second-order valence-corrected chi connectivity index (χ2v) is 9.73. The minimum absolute atomic E-state index is 0.0420. The zero-order valence-electron chi connectivity index (χ0n) is 19.1. The predicted molar refractivity (Wildman–Crippen MR) is 121 cm³/mol. The summed E-state index contributed by atoms with van der Waals surface area (Å²) < 4.78 is 26.2. The molecule has 1 N–H and O–H groups in total. The Kier molecular flexibility index (Phi) is 6.57. The van der Waals surface area contributed by atoms with Gasteiger partial charge in [0.15, 0.2) is 0 Å². The number of carboxylic acids is 1. The zero-order valence-corrected chi connectivity index (χ0v) is 19.1. The third kappa shape index (κ3) is 4.68. The highest BCUT2D eigenvalue weighted by Gasteiger charge is 2.51. The Morgan fingerprint density at radius 1 is 1.12 bits per heavy atom. The molecule has 0 spiro atoms. The van der Waals surface area contributed by atoms with E-state index in [1.807, 2.05) is 19.9 Å². The van der Waals surface area contributed by atoms with Crippen molar-refractivity contribution in [1.29, 1.82) is 0 Å². The van der Waals surface area contributed by atoms with Crippen LogP contribution in [0.5, 0.6) is 5.75 Å². The first-order valence-corrected chi connectivity index (χ1v) is 11.7. The molecule has 4 nitrogen and oxygen atoms in total. The maximum absolute atomic E-state index is 13.2. The number of aryl methyl sites for hydroxylation is 2. The summed E-state index contributed by atoms with van der Waals surface area (Å²) >= 11 is 0.